The average Bonchev–Trinajstić information content (AvgIpc) is 2.48. The predicted octanol–water partition coefficient (Wildman–Crippen LogP) is 0.678. The third-order valence-electron chi connectivity index (χ3n) is 3.06. The zero-order chi connectivity index (χ0) is 14.8. The van der Waals surface area contributed by atoms with Crippen LogP contribution in [0.25, 0.3) is 0 Å². The molecule has 0 saturated carbocycles. The van der Waals surface area contributed by atoms with Crippen molar-refractivity contribution in [2.24, 2.45) is 5.73 Å². The number of ether oxygens (including phenoxy) is 2. The number of amides is 1. The molecule has 2 N–H and O–H groups in total. The lowest BCUT2D eigenvalue weighted by Crippen LogP contribution is -2.47. The Labute approximate surface area is 120 Å². The topological polar surface area (TPSA) is 64.8 Å². The number of nitrogens with two attached hydrogens (primary N) is 1. The van der Waals surface area contributed by atoms with Crippen molar-refractivity contribution in [1.82, 2.24) is 4.90 Å². The minimum Gasteiger partial charge on any atom is -0.383 e. The van der Waals surface area contributed by atoms with Gasteiger partial charge in [-0.05, 0) is 12.0 Å². The van der Waals surface area contributed by atoms with Crippen molar-refractivity contribution >= 4 is 5.91 Å². The van der Waals surface area contributed by atoms with Gasteiger partial charge in [-0.15, -0.1) is 0 Å². The minimum atomic E-state index is -0.536. The maximum Gasteiger partial charge on any atom is 0.239 e. The molecule has 1 rings (SSSR count). The van der Waals surface area contributed by atoms with Gasteiger partial charge in [-0.2, -0.15) is 0 Å². The second-order valence-corrected chi connectivity index (χ2v) is 4.61. The zero-order valence-corrected chi connectivity index (χ0v) is 12.2. The molecular weight excluding hydrogens is 256 g/mol. The highest BCUT2D eigenvalue weighted by molar-refractivity contribution is 5.82. The quantitative estimate of drug-likeness (QED) is 0.722. The molecule has 0 aliphatic rings. The Morgan fingerprint density at radius 3 is 2.20 bits per heavy atom. The van der Waals surface area contributed by atoms with E-state index in [1.807, 2.05) is 30.3 Å². The number of rotatable bonds is 9. The molecule has 1 aromatic rings. The summed E-state index contributed by atoms with van der Waals surface area (Å²) in [4.78, 5) is 14.0. The molecule has 0 saturated heterocycles. The summed E-state index contributed by atoms with van der Waals surface area (Å²) in [6.45, 7) is 2.05. The highest BCUT2D eigenvalue weighted by Crippen LogP contribution is 2.04. The van der Waals surface area contributed by atoms with Crippen LogP contribution in [-0.4, -0.2) is 57.4 Å². The number of benzene rings is 1. The summed E-state index contributed by atoms with van der Waals surface area (Å²) in [7, 11) is 3.23. The van der Waals surface area contributed by atoms with E-state index < -0.39 is 6.04 Å². The number of hydrogen-bond donors (Lipinski definition) is 1. The summed E-state index contributed by atoms with van der Waals surface area (Å²) in [5.41, 5.74) is 7.08. The normalized spacial score (nSPS) is 12.2. The molecule has 0 aliphatic carbocycles. The van der Waals surface area contributed by atoms with Gasteiger partial charge in [-0.25, -0.2) is 0 Å². The largest absolute Gasteiger partial charge is 0.383 e. The van der Waals surface area contributed by atoms with E-state index in [0.717, 1.165) is 5.56 Å². The van der Waals surface area contributed by atoms with Gasteiger partial charge < -0.3 is 20.1 Å². The molecule has 112 valence electrons. The summed E-state index contributed by atoms with van der Waals surface area (Å²) in [6, 6.07) is 9.25. The maximum atomic E-state index is 12.3. The highest BCUT2D eigenvalue weighted by atomic mass is 16.5. The number of hydrogen-bond acceptors (Lipinski definition) is 4. The molecule has 5 heteroatoms. The van der Waals surface area contributed by atoms with Crippen LogP contribution in [0.5, 0.6) is 0 Å². The Balaban J connectivity index is 2.57. The molecule has 1 amide bonds. The van der Waals surface area contributed by atoms with E-state index in [2.05, 4.69) is 0 Å². The molecular formula is C15H24N2O3. The third-order valence-corrected chi connectivity index (χ3v) is 3.06. The Morgan fingerprint density at radius 1 is 1.15 bits per heavy atom. The van der Waals surface area contributed by atoms with Crippen LogP contribution in [0.1, 0.15) is 5.56 Å². The van der Waals surface area contributed by atoms with Gasteiger partial charge in [0.25, 0.3) is 0 Å². The number of nitrogens with zero attached hydrogens (tertiary/aromatic N) is 1. The van der Waals surface area contributed by atoms with E-state index in [9.17, 15) is 4.79 Å². The van der Waals surface area contributed by atoms with Crippen LogP contribution in [0.3, 0.4) is 0 Å². The second-order valence-electron chi connectivity index (χ2n) is 4.61. The third kappa shape index (κ3) is 5.69. The summed E-state index contributed by atoms with van der Waals surface area (Å²) < 4.78 is 10.0. The standard InChI is InChI=1S/C15H24N2O3/c1-19-10-8-17(9-11-20-2)15(18)14(16)12-13-6-4-3-5-7-13/h3-7,14H,8-12,16H2,1-2H3/t14-/m1/s1. The molecule has 1 atom stereocenters. The monoisotopic (exact) mass is 280 g/mol. The van der Waals surface area contributed by atoms with Gasteiger partial charge in [0.15, 0.2) is 0 Å². The van der Waals surface area contributed by atoms with Crippen molar-refractivity contribution in [2.75, 3.05) is 40.5 Å². The van der Waals surface area contributed by atoms with Crippen molar-refractivity contribution in [3.05, 3.63) is 35.9 Å². The number of carbonyl (C=O) groups excluding carboxylic acids is 1. The number of methoxy groups -OCH3 is 2. The Kier molecular flexibility index (Phi) is 7.87. The lowest BCUT2D eigenvalue weighted by atomic mass is 10.1. The Bertz CT molecular complexity index is 376. The van der Waals surface area contributed by atoms with Crippen LogP contribution in [0, 0.1) is 0 Å². The van der Waals surface area contributed by atoms with Gasteiger partial charge in [-0.3, -0.25) is 4.79 Å². The van der Waals surface area contributed by atoms with E-state index in [-0.39, 0.29) is 5.91 Å². The lowest BCUT2D eigenvalue weighted by molar-refractivity contribution is -0.133. The zero-order valence-electron chi connectivity index (χ0n) is 12.2. The van der Waals surface area contributed by atoms with Crippen LogP contribution >= 0.6 is 0 Å². The van der Waals surface area contributed by atoms with Crippen LogP contribution in [0.2, 0.25) is 0 Å². The molecule has 0 spiro atoms. The van der Waals surface area contributed by atoms with E-state index in [4.69, 9.17) is 15.2 Å². The summed E-state index contributed by atoms with van der Waals surface area (Å²) in [5, 5.41) is 0. The van der Waals surface area contributed by atoms with Crippen molar-refractivity contribution < 1.29 is 14.3 Å². The van der Waals surface area contributed by atoms with Gasteiger partial charge >= 0.3 is 0 Å². The summed E-state index contributed by atoms with van der Waals surface area (Å²) >= 11 is 0. The van der Waals surface area contributed by atoms with E-state index in [1.165, 1.54) is 0 Å². The summed E-state index contributed by atoms with van der Waals surface area (Å²) in [5.74, 6) is -0.0667. The van der Waals surface area contributed by atoms with Crippen LogP contribution in [0.4, 0.5) is 0 Å². The molecule has 0 heterocycles. The van der Waals surface area contributed by atoms with E-state index in [1.54, 1.807) is 19.1 Å². The molecule has 1 aromatic carbocycles. The fourth-order valence-corrected chi connectivity index (χ4v) is 1.92. The molecule has 0 bridgehead atoms. The van der Waals surface area contributed by atoms with Crippen molar-refractivity contribution in [3.8, 4) is 0 Å². The average molecular weight is 280 g/mol. The smallest absolute Gasteiger partial charge is 0.239 e. The first kappa shape index (κ1) is 16.6. The number of carbonyl (C=O) groups is 1. The van der Waals surface area contributed by atoms with Crippen molar-refractivity contribution in [2.45, 2.75) is 12.5 Å². The van der Waals surface area contributed by atoms with Gasteiger partial charge in [-0.1, -0.05) is 30.3 Å². The minimum absolute atomic E-state index is 0.0667. The van der Waals surface area contributed by atoms with Crippen molar-refractivity contribution in [3.63, 3.8) is 0 Å². The maximum absolute atomic E-state index is 12.3. The Hall–Kier alpha value is -1.43. The SMILES string of the molecule is COCCN(CCOC)C(=O)[C@H](N)Cc1ccccc1. The molecule has 0 unspecified atom stereocenters. The van der Waals surface area contributed by atoms with Crippen LogP contribution in [-0.2, 0) is 20.7 Å². The molecule has 0 fully saturated rings. The van der Waals surface area contributed by atoms with Crippen LogP contribution < -0.4 is 5.73 Å². The van der Waals surface area contributed by atoms with E-state index in [0.29, 0.717) is 32.7 Å². The van der Waals surface area contributed by atoms with Gasteiger partial charge in [0.2, 0.25) is 5.91 Å². The van der Waals surface area contributed by atoms with Crippen molar-refractivity contribution in [1.29, 1.82) is 0 Å². The fraction of sp³-hybridized carbons (Fsp3) is 0.533. The molecule has 5 nitrogen and oxygen atoms in total. The lowest BCUT2D eigenvalue weighted by Gasteiger charge is -2.25. The molecule has 0 aromatic heterocycles. The highest BCUT2D eigenvalue weighted by Gasteiger charge is 2.20. The van der Waals surface area contributed by atoms with Gasteiger partial charge in [0, 0.05) is 27.3 Å². The molecule has 0 radical (unpaired) electrons. The fourth-order valence-electron chi connectivity index (χ4n) is 1.92. The first-order chi connectivity index (χ1) is 9.69. The predicted molar refractivity (Wildman–Crippen MR) is 78.5 cm³/mol. The summed E-state index contributed by atoms with van der Waals surface area (Å²) in [6.07, 6.45) is 0.538. The molecule has 20 heavy (non-hydrogen) atoms. The van der Waals surface area contributed by atoms with E-state index >= 15 is 0 Å². The van der Waals surface area contributed by atoms with Gasteiger partial charge in [0.05, 0.1) is 19.3 Å². The van der Waals surface area contributed by atoms with Crippen LogP contribution in [0.15, 0.2) is 30.3 Å². The first-order valence-electron chi connectivity index (χ1n) is 6.75. The second kappa shape index (κ2) is 9.47. The molecule has 0 aliphatic heterocycles. The van der Waals surface area contributed by atoms with Gasteiger partial charge in [0.1, 0.15) is 0 Å². The Morgan fingerprint density at radius 2 is 1.70 bits per heavy atom. The first-order valence-corrected chi connectivity index (χ1v) is 6.75.